The molecule has 0 spiro atoms. The predicted octanol–water partition coefficient (Wildman–Crippen LogP) is 0.350. The van der Waals surface area contributed by atoms with Crippen LogP contribution in [0, 0.1) is 11.8 Å². The molecule has 0 amide bonds. The first-order valence-electron chi connectivity index (χ1n) is 3.71. The van der Waals surface area contributed by atoms with Crippen LogP contribution in [0.5, 0.6) is 0 Å². The van der Waals surface area contributed by atoms with E-state index >= 15 is 0 Å². The molecule has 0 aromatic rings. The summed E-state index contributed by atoms with van der Waals surface area (Å²) in [5.41, 5.74) is 5.42. The predicted molar refractivity (Wildman–Crippen MR) is 44.9 cm³/mol. The highest BCUT2D eigenvalue weighted by Crippen LogP contribution is 2.17. The minimum Gasteiger partial charge on any atom is -0.501 e. The minimum absolute atomic E-state index is 0.0578. The Bertz CT molecular complexity index is 121. The summed E-state index contributed by atoms with van der Waals surface area (Å²) in [6.45, 7) is 6.19. The molecule has 3 N–H and O–H groups in total. The molecule has 0 fully saturated rings. The quantitative estimate of drug-likeness (QED) is 0.569. The van der Waals surface area contributed by atoms with Crippen molar-refractivity contribution in [2.24, 2.45) is 17.6 Å². The molecule has 66 valence electrons. The monoisotopic (exact) mass is 159 g/mol. The number of aliphatic hydroxyl groups is 1. The molecule has 0 rings (SSSR count). The molecule has 0 saturated carbocycles. The Hall–Kier alpha value is -0.540. The fourth-order valence-electron chi connectivity index (χ4n) is 0.886. The second-order valence-corrected chi connectivity index (χ2v) is 2.64. The van der Waals surface area contributed by atoms with Crippen molar-refractivity contribution in [1.29, 1.82) is 0 Å². The lowest BCUT2D eigenvalue weighted by Crippen LogP contribution is -2.26. The van der Waals surface area contributed by atoms with Gasteiger partial charge >= 0.3 is 0 Å². The third-order valence-corrected chi connectivity index (χ3v) is 2.01. The maximum atomic E-state index is 8.86. The van der Waals surface area contributed by atoms with Crippen LogP contribution in [0.25, 0.3) is 0 Å². The van der Waals surface area contributed by atoms with Gasteiger partial charge in [0.1, 0.15) is 0 Å². The molecule has 0 heterocycles. The average molecular weight is 159 g/mol. The van der Waals surface area contributed by atoms with Gasteiger partial charge in [0.2, 0.25) is 0 Å². The van der Waals surface area contributed by atoms with Crippen LogP contribution in [-0.4, -0.2) is 25.4 Å². The summed E-state index contributed by atoms with van der Waals surface area (Å²) in [6.07, 6.45) is 0. The SMILES string of the molecule is C=C(OC)[C@H](C)C(CN)CO. The summed E-state index contributed by atoms with van der Waals surface area (Å²) in [4.78, 5) is 0. The molecule has 3 nitrogen and oxygen atoms in total. The van der Waals surface area contributed by atoms with Gasteiger partial charge in [0.25, 0.3) is 0 Å². The zero-order valence-electron chi connectivity index (χ0n) is 7.21. The maximum Gasteiger partial charge on any atom is 0.0916 e. The molecule has 11 heavy (non-hydrogen) atoms. The van der Waals surface area contributed by atoms with Gasteiger partial charge in [-0.3, -0.25) is 0 Å². The Kier molecular flexibility index (Phi) is 4.90. The number of hydrogen-bond acceptors (Lipinski definition) is 3. The van der Waals surface area contributed by atoms with E-state index in [2.05, 4.69) is 6.58 Å². The van der Waals surface area contributed by atoms with E-state index in [4.69, 9.17) is 15.6 Å². The third-order valence-electron chi connectivity index (χ3n) is 2.01. The van der Waals surface area contributed by atoms with Gasteiger partial charge < -0.3 is 15.6 Å². The minimum atomic E-state index is 0.0578. The Balaban J connectivity index is 3.97. The Morgan fingerprint density at radius 2 is 2.27 bits per heavy atom. The van der Waals surface area contributed by atoms with Crippen molar-refractivity contribution in [1.82, 2.24) is 0 Å². The molecule has 0 aliphatic carbocycles. The van der Waals surface area contributed by atoms with Crippen molar-refractivity contribution in [2.75, 3.05) is 20.3 Å². The van der Waals surface area contributed by atoms with Crippen LogP contribution >= 0.6 is 0 Å². The Morgan fingerprint density at radius 3 is 2.55 bits per heavy atom. The molecular weight excluding hydrogens is 142 g/mol. The molecule has 0 aliphatic heterocycles. The van der Waals surface area contributed by atoms with E-state index < -0.39 is 0 Å². The third kappa shape index (κ3) is 2.91. The first-order chi connectivity index (χ1) is 5.17. The van der Waals surface area contributed by atoms with Gasteiger partial charge in [-0.05, 0) is 6.54 Å². The van der Waals surface area contributed by atoms with Gasteiger partial charge in [-0.15, -0.1) is 0 Å². The standard InChI is InChI=1S/C8H17NO2/c1-6(7(2)11-3)8(4-9)5-10/h6,8,10H,2,4-5,9H2,1,3H3/t6-,8?/m0/s1. The van der Waals surface area contributed by atoms with Crippen LogP contribution in [0.15, 0.2) is 12.3 Å². The lowest BCUT2D eigenvalue weighted by molar-refractivity contribution is 0.157. The van der Waals surface area contributed by atoms with Crippen LogP contribution < -0.4 is 5.73 Å². The van der Waals surface area contributed by atoms with Crippen LogP contribution in [-0.2, 0) is 4.74 Å². The Morgan fingerprint density at radius 1 is 1.73 bits per heavy atom. The van der Waals surface area contributed by atoms with Crippen LogP contribution in [0.3, 0.4) is 0 Å². The normalized spacial score (nSPS) is 15.6. The van der Waals surface area contributed by atoms with Crippen LogP contribution in [0.4, 0.5) is 0 Å². The summed E-state index contributed by atoms with van der Waals surface area (Å²) >= 11 is 0. The lowest BCUT2D eigenvalue weighted by atomic mass is 9.94. The van der Waals surface area contributed by atoms with Gasteiger partial charge in [-0.2, -0.15) is 0 Å². The first kappa shape index (κ1) is 10.5. The summed E-state index contributed by atoms with van der Waals surface area (Å²) in [7, 11) is 1.57. The highest BCUT2D eigenvalue weighted by Gasteiger charge is 2.17. The van der Waals surface area contributed by atoms with Gasteiger partial charge in [-0.1, -0.05) is 13.5 Å². The van der Waals surface area contributed by atoms with Gasteiger partial charge in [0, 0.05) is 18.4 Å². The summed E-state index contributed by atoms with van der Waals surface area (Å²) in [5.74, 6) is 0.854. The van der Waals surface area contributed by atoms with E-state index in [-0.39, 0.29) is 18.4 Å². The largest absolute Gasteiger partial charge is 0.501 e. The number of ether oxygens (including phenoxy) is 1. The fourth-order valence-corrected chi connectivity index (χ4v) is 0.886. The van der Waals surface area contributed by atoms with E-state index in [0.29, 0.717) is 12.3 Å². The molecule has 3 heteroatoms. The van der Waals surface area contributed by atoms with Crippen LogP contribution in [0.2, 0.25) is 0 Å². The van der Waals surface area contributed by atoms with E-state index in [1.165, 1.54) is 0 Å². The molecular formula is C8H17NO2. The van der Waals surface area contributed by atoms with Crippen molar-refractivity contribution in [2.45, 2.75) is 6.92 Å². The zero-order chi connectivity index (χ0) is 8.85. The Labute approximate surface area is 67.9 Å². The molecule has 1 unspecified atom stereocenters. The van der Waals surface area contributed by atoms with Crippen molar-refractivity contribution < 1.29 is 9.84 Å². The van der Waals surface area contributed by atoms with Crippen molar-refractivity contribution >= 4 is 0 Å². The van der Waals surface area contributed by atoms with Gasteiger partial charge in [0.05, 0.1) is 12.9 Å². The molecule has 0 aliphatic rings. The zero-order valence-corrected chi connectivity index (χ0v) is 7.21. The number of rotatable bonds is 5. The smallest absolute Gasteiger partial charge is 0.0916 e. The second-order valence-electron chi connectivity index (χ2n) is 2.64. The van der Waals surface area contributed by atoms with Crippen molar-refractivity contribution in [3.8, 4) is 0 Å². The molecule has 2 atom stereocenters. The number of aliphatic hydroxyl groups excluding tert-OH is 1. The number of methoxy groups -OCH3 is 1. The van der Waals surface area contributed by atoms with Gasteiger partial charge in [-0.25, -0.2) is 0 Å². The molecule has 0 aromatic carbocycles. The average Bonchev–Trinajstić information content (AvgIpc) is 2.05. The lowest BCUT2D eigenvalue weighted by Gasteiger charge is -2.21. The fraction of sp³-hybridized carbons (Fsp3) is 0.750. The van der Waals surface area contributed by atoms with E-state index in [1.807, 2.05) is 6.92 Å². The first-order valence-corrected chi connectivity index (χ1v) is 3.71. The summed E-state index contributed by atoms with van der Waals surface area (Å²) in [6, 6.07) is 0. The molecule has 0 saturated heterocycles. The number of hydrogen-bond donors (Lipinski definition) is 2. The number of allylic oxidation sites excluding steroid dienone is 1. The molecule has 0 aromatic heterocycles. The summed E-state index contributed by atoms with van der Waals surface area (Å²) < 4.78 is 4.94. The van der Waals surface area contributed by atoms with E-state index in [1.54, 1.807) is 7.11 Å². The summed E-state index contributed by atoms with van der Waals surface area (Å²) in [5, 5.41) is 8.86. The van der Waals surface area contributed by atoms with Crippen LogP contribution in [0.1, 0.15) is 6.92 Å². The topological polar surface area (TPSA) is 55.5 Å². The molecule has 0 bridgehead atoms. The van der Waals surface area contributed by atoms with E-state index in [0.717, 1.165) is 0 Å². The van der Waals surface area contributed by atoms with Gasteiger partial charge in [0.15, 0.2) is 0 Å². The molecule has 0 radical (unpaired) electrons. The maximum absolute atomic E-state index is 8.86. The highest BCUT2D eigenvalue weighted by molar-refractivity contribution is 4.92. The number of nitrogens with two attached hydrogens (primary N) is 1. The van der Waals surface area contributed by atoms with Crippen molar-refractivity contribution in [3.05, 3.63) is 12.3 Å². The van der Waals surface area contributed by atoms with Crippen molar-refractivity contribution in [3.63, 3.8) is 0 Å². The second kappa shape index (κ2) is 5.16. The highest BCUT2D eigenvalue weighted by atomic mass is 16.5. The van der Waals surface area contributed by atoms with E-state index in [9.17, 15) is 0 Å².